The summed E-state index contributed by atoms with van der Waals surface area (Å²) in [5.41, 5.74) is 7.14. The second kappa shape index (κ2) is 7.54. The zero-order valence-corrected chi connectivity index (χ0v) is 12.5. The van der Waals surface area contributed by atoms with Crippen molar-refractivity contribution in [3.8, 4) is 11.5 Å². The molecular weight excluding hydrogens is 246 g/mol. The molecule has 0 heterocycles. The second-order valence-corrected chi connectivity index (χ2v) is 4.97. The van der Waals surface area contributed by atoms with E-state index in [0.29, 0.717) is 6.61 Å². The van der Waals surface area contributed by atoms with Crippen LogP contribution in [0.2, 0.25) is 0 Å². The number of benzene rings is 1. The average Bonchev–Trinajstić information content (AvgIpc) is 2.39. The van der Waals surface area contributed by atoms with Crippen molar-refractivity contribution in [2.24, 2.45) is 5.73 Å². The van der Waals surface area contributed by atoms with Gasteiger partial charge in [-0.15, -0.1) is 11.8 Å². The van der Waals surface area contributed by atoms with E-state index in [1.165, 1.54) is 0 Å². The molecule has 0 spiro atoms. The molecule has 2 N–H and O–H groups in total. The van der Waals surface area contributed by atoms with E-state index >= 15 is 0 Å². The molecule has 1 aromatic carbocycles. The van der Waals surface area contributed by atoms with Gasteiger partial charge in [0.1, 0.15) is 11.5 Å². The topological polar surface area (TPSA) is 44.5 Å². The smallest absolute Gasteiger partial charge is 0.133 e. The molecule has 0 aromatic heterocycles. The van der Waals surface area contributed by atoms with E-state index in [9.17, 15) is 0 Å². The molecule has 102 valence electrons. The van der Waals surface area contributed by atoms with Crippen LogP contribution in [0.3, 0.4) is 0 Å². The number of nitrogens with two attached hydrogens (primary N) is 1. The maximum Gasteiger partial charge on any atom is 0.133 e. The van der Waals surface area contributed by atoms with E-state index in [-0.39, 0.29) is 6.04 Å². The Kier molecular flexibility index (Phi) is 6.36. The summed E-state index contributed by atoms with van der Waals surface area (Å²) in [5, 5.41) is 0. The Morgan fingerprint density at radius 2 is 2.00 bits per heavy atom. The van der Waals surface area contributed by atoms with Gasteiger partial charge in [-0.2, -0.15) is 0 Å². The van der Waals surface area contributed by atoms with Gasteiger partial charge >= 0.3 is 0 Å². The lowest BCUT2D eigenvalue weighted by Crippen LogP contribution is -2.21. The van der Waals surface area contributed by atoms with Gasteiger partial charge in [0.2, 0.25) is 0 Å². The molecule has 0 saturated heterocycles. The van der Waals surface area contributed by atoms with Crippen LogP contribution in [0.25, 0.3) is 0 Å². The summed E-state index contributed by atoms with van der Waals surface area (Å²) in [5.74, 6) is 1.82. The van der Waals surface area contributed by atoms with Crippen LogP contribution < -0.4 is 15.2 Å². The molecule has 0 fully saturated rings. The molecule has 0 aliphatic carbocycles. The molecule has 0 aliphatic rings. The molecule has 0 aliphatic heterocycles. The first-order chi connectivity index (χ1) is 8.65. The second-order valence-electron chi connectivity index (χ2n) is 4.12. The third-order valence-corrected chi connectivity index (χ3v) is 3.63. The summed E-state index contributed by atoms with van der Waals surface area (Å²) in [6.45, 7) is 4.75. The minimum Gasteiger partial charge on any atom is -0.496 e. The van der Waals surface area contributed by atoms with Crippen LogP contribution in [0.1, 0.15) is 25.8 Å². The van der Waals surface area contributed by atoms with Crippen molar-refractivity contribution in [2.75, 3.05) is 20.0 Å². The maximum atomic E-state index is 6.02. The predicted octanol–water partition coefficient (Wildman–Crippen LogP) is 3.10. The molecule has 0 saturated carbocycles. The Morgan fingerprint density at radius 1 is 1.28 bits per heavy atom. The van der Waals surface area contributed by atoms with Gasteiger partial charge in [-0.1, -0.05) is 6.92 Å². The van der Waals surface area contributed by atoms with Gasteiger partial charge in [0.25, 0.3) is 0 Å². The first-order valence-electron chi connectivity index (χ1n) is 6.29. The van der Waals surface area contributed by atoms with Crippen LogP contribution in [-0.4, -0.2) is 26.0 Å². The number of rotatable bonds is 7. The largest absolute Gasteiger partial charge is 0.496 e. The molecule has 3 nitrogen and oxygen atoms in total. The molecule has 18 heavy (non-hydrogen) atoms. The molecule has 1 rings (SSSR count). The zero-order valence-electron chi connectivity index (χ0n) is 11.7. The Morgan fingerprint density at radius 3 is 2.50 bits per heavy atom. The van der Waals surface area contributed by atoms with Crippen LogP contribution in [0, 0.1) is 0 Å². The quantitative estimate of drug-likeness (QED) is 0.773. The first-order valence-corrected chi connectivity index (χ1v) is 7.51. The molecule has 1 atom stereocenters. The Bertz CT molecular complexity index is 382. The highest BCUT2D eigenvalue weighted by Gasteiger charge is 2.13. The van der Waals surface area contributed by atoms with Crippen molar-refractivity contribution in [3.63, 3.8) is 0 Å². The standard InChI is InChI=1S/C14H23NO2S/c1-5-11(15)7-10-8-13(17-6-2)14(18-4)9-12(10)16-3/h8-9,11H,5-7,15H2,1-4H3. The van der Waals surface area contributed by atoms with E-state index < -0.39 is 0 Å². The normalized spacial score (nSPS) is 12.3. The predicted molar refractivity (Wildman–Crippen MR) is 77.9 cm³/mol. The van der Waals surface area contributed by atoms with Crippen molar-refractivity contribution in [2.45, 2.75) is 37.6 Å². The van der Waals surface area contributed by atoms with Crippen molar-refractivity contribution in [1.29, 1.82) is 0 Å². The van der Waals surface area contributed by atoms with Crippen molar-refractivity contribution >= 4 is 11.8 Å². The van der Waals surface area contributed by atoms with Gasteiger partial charge in [-0.3, -0.25) is 0 Å². The van der Waals surface area contributed by atoms with Crippen molar-refractivity contribution in [3.05, 3.63) is 17.7 Å². The van der Waals surface area contributed by atoms with Crippen molar-refractivity contribution in [1.82, 2.24) is 0 Å². The van der Waals surface area contributed by atoms with Crippen molar-refractivity contribution < 1.29 is 9.47 Å². The fourth-order valence-electron chi connectivity index (χ4n) is 1.79. The van der Waals surface area contributed by atoms with Crippen LogP contribution in [0.4, 0.5) is 0 Å². The number of ether oxygens (including phenoxy) is 2. The van der Waals surface area contributed by atoms with E-state index in [1.807, 2.05) is 19.2 Å². The number of hydrogen-bond acceptors (Lipinski definition) is 4. The van der Waals surface area contributed by atoms with E-state index in [4.69, 9.17) is 15.2 Å². The SMILES string of the molecule is CCOc1cc(CC(N)CC)c(OC)cc1SC. The van der Waals surface area contributed by atoms with Crippen LogP contribution in [-0.2, 0) is 6.42 Å². The molecule has 4 heteroatoms. The Hall–Kier alpha value is -0.870. The molecule has 0 bridgehead atoms. The summed E-state index contributed by atoms with van der Waals surface area (Å²) in [7, 11) is 1.70. The molecule has 1 unspecified atom stereocenters. The van der Waals surface area contributed by atoms with Gasteiger partial charge in [-0.05, 0) is 43.7 Å². The third-order valence-electron chi connectivity index (χ3n) is 2.87. The summed E-state index contributed by atoms with van der Waals surface area (Å²) >= 11 is 1.66. The van der Waals surface area contributed by atoms with E-state index in [1.54, 1.807) is 18.9 Å². The third kappa shape index (κ3) is 3.82. The lowest BCUT2D eigenvalue weighted by molar-refractivity contribution is 0.329. The van der Waals surface area contributed by atoms with Crippen LogP contribution >= 0.6 is 11.8 Å². The molecular formula is C14H23NO2S. The fraction of sp³-hybridized carbons (Fsp3) is 0.571. The van der Waals surface area contributed by atoms with E-state index in [2.05, 4.69) is 13.0 Å². The Balaban J connectivity index is 3.10. The van der Waals surface area contributed by atoms with Gasteiger partial charge in [0.05, 0.1) is 18.6 Å². The van der Waals surface area contributed by atoms with E-state index in [0.717, 1.165) is 34.8 Å². The summed E-state index contributed by atoms with van der Waals surface area (Å²) < 4.78 is 11.1. The first kappa shape index (κ1) is 15.2. The lowest BCUT2D eigenvalue weighted by atomic mass is 10.0. The number of hydrogen-bond donors (Lipinski definition) is 1. The summed E-state index contributed by atoms with van der Waals surface area (Å²) in [6, 6.07) is 4.25. The summed E-state index contributed by atoms with van der Waals surface area (Å²) in [6.07, 6.45) is 3.81. The van der Waals surface area contributed by atoms with Crippen LogP contribution in [0.5, 0.6) is 11.5 Å². The van der Waals surface area contributed by atoms with Gasteiger partial charge < -0.3 is 15.2 Å². The molecule has 0 amide bonds. The Labute approximate surface area is 114 Å². The van der Waals surface area contributed by atoms with Gasteiger partial charge in [0, 0.05) is 6.04 Å². The molecule has 1 aromatic rings. The monoisotopic (exact) mass is 269 g/mol. The number of methoxy groups -OCH3 is 1. The fourth-order valence-corrected chi connectivity index (χ4v) is 2.33. The highest BCUT2D eigenvalue weighted by Crippen LogP contribution is 2.35. The van der Waals surface area contributed by atoms with Crippen LogP contribution in [0.15, 0.2) is 17.0 Å². The highest BCUT2D eigenvalue weighted by atomic mass is 32.2. The lowest BCUT2D eigenvalue weighted by Gasteiger charge is -2.16. The highest BCUT2D eigenvalue weighted by molar-refractivity contribution is 7.98. The number of thioether (sulfide) groups is 1. The minimum atomic E-state index is 0.161. The summed E-state index contributed by atoms with van der Waals surface area (Å²) in [4.78, 5) is 1.10. The van der Waals surface area contributed by atoms with Gasteiger partial charge in [0.15, 0.2) is 0 Å². The molecule has 0 radical (unpaired) electrons. The maximum absolute atomic E-state index is 6.02. The minimum absolute atomic E-state index is 0.161. The zero-order chi connectivity index (χ0) is 13.5. The van der Waals surface area contributed by atoms with Gasteiger partial charge in [-0.25, -0.2) is 0 Å². The average molecular weight is 269 g/mol.